The predicted molar refractivity (Wildman–Crippen MR) is 112 cm³/mol. The molecule has 0 aromatic heterocycles. The first-order valence-corrected chi connectivity index (χ1v) is 11.1. The molecule has 1 heterocycles. The zero-order valence-corrected chi connectivity index (χ0v) is 17.3. The van der Waals surface area contributed by atoms with E-state index in [-0.39, 0.29) is 17.3 Å². The summed E-state index contributed by atoms with van der Waals surface area (Å²) < 4.78 is 27.1. The first-order chi connectivity index (χ1) is 13.4. The second-order valence-electron chi connectivity index (χ2n) is 6.88. The van der Waals surface area contributed by atoms with Crippen LogP contribution in [0.4, 0.5) is 11.4 Å². The van der Waals surface area contributed by atoms with E-state index in [1.165, 1.54) is 4.31 Å². The molecule has 0 aliphatic carbocycles. The molecule has 2 aromatic rings. The molecule has 28 heavy (non-hydrogen) atoms. The summed E-state index contributed by atoms with van der Waals surface area (Å²) in [7, 11) is -3.51. The van der Waals surface area contributed by atoms with Crippen LogP contribution in [0.3, 0.4) is 0 Å². The standard InChI is InChI=1S/C20H24ClN3O3S/c1-15-8-9-19(18(21)12-15)23-20(25)14-22-16-6-5-7-17(13-16)28(26,27)24-10-3-2-4-11-24/h5-9,12-13,22H,2-4,10-11,14H2,1H3,(H,23,25). The van der Waals surface area contributed by atoms with E-state index in [0.29, 0.717) is 29.5 Å². The lowest BCUT2D eigenvalue weighted by Gasteiger charge is -2.26. The number of carbonyl (C=O) groups excluding carboxylic acids is 1. The summed E-state index contributed by atoms with van der Waals surface area (Å²) in [5.74, 6) is -0.268. The molecule has 1 aliphatic rings. The fourth-order valence-electron chi connectivity index (χ4n) is 3.12. The average Bonchev–Trinajstić information content (AvgIpc) is 2.69. The number of halogens is 1. The van der Waals surface area contributed by atoms with Crippen molar-refractivity contribution in [1.29, 1.82) is 0 Å². The van der Waals surface area contributed by atoms with E-state index in [0.717, 1.165) is 24.8 Å². The molecule has 0 saturated carbocycles. The molecule has 1 amide bonds. The number of hydrogen-bond acceptors (Lipinski definition) is 4. The molecule has 0 bridgehead atoms. The van der Waals surface area contributed by atoms with Crippen LogP contribution < -0.4 is 10.6 Å². The number of amides is 1. The van der Waals surface area contributed by atoms with Crippen LogP contribution in [-0.4, -0.2) is 38.3 Å². The van der Waals surface area contributed by atoms with Gasteiger partial charge < -0.3 is 10.6 Å². The largest absolute Gasteiger partial charge is 0.376 e. The number of piperidine rings is 1. The first kappa shape index (κ1) is 20.6. The van der Waals surface area contributed by atoms with Crippen LogP contribution in [0.15, 0.2) is 47.4 Å². The van der Waals surface area contributed by atoms with Crippen molar-refractivity contribution in [3.8, 4) is 0 Å². The Morgan fingerprint density at radius 1 is 1.11 bits per heavy atom. The second kappa shape index (κ2) is 8.94. The minimum absolute atomic E-state index is 0.00256. The molecule has 2 N–H and O–H groups in total. The van der Waals surface area contributed by atoms with Crippen molar-refractivity contribution in [2.75, 3.05) is 30.3 Å². The Balaban J connectivity index is 1.63. The van der Waals surface area contributed by atoms with Crippen molar-refractivity contribution < 1.29 is 13.2 Å². The zero-order chi connectivity index (χ0) is 20.1. The van der Waals surface area contributed by atoms with E-state index in [4.69, 9.17) is 11.6 Å². The van der Waals surface area contributed by atoms with Gasteiger partial charge >= 0.3 is 0 Å². The quantitative estimate of drug-likeness (QED) is 0.742. The Hall–Kier alpha value is -2.09. The number of sulfonamides is 1. The number of nitrogens with one attached hydrogen (secondary N) is 2. The minimum Gasteiger partial charge on any atom is -0.376 e. The lowest BCUT2D eigenvalue weighted by Crippen LogP contribution is -2.35. The second-order valence-corrected chi connectivity index (χ2v) is 9.22. The highest BCUT2D eigenvalue weighted by Crippen LogP contribution is 2.24. The number of aryl methyl sites for hydroxylation is 1. The SMILES string of the molecule is Cc1ccc(NC(=O)CNc2cccc(S(=O)(=O)N3CCCCC3)c2)c(Cl)c1. The van der Waals surface area contributed by atoms with Crippen LogP contribution in [-0.2, 0) is 14.8 Å². The lowest BCUT2D eigenvalue weighted by molar-refractivity contribution is -0.114. The van der Waals surface area contributed by atoms with Gasteiger partial charge in [0.25, 0.3) is 0 Å². The molecule has 0 spiro atoms. The van der Waals surface area contributed by atoms with Gasteiger partial charge in [-0.05, 0) is 55.7 Å². The van der Waals surface area contributed by atoms with Gasteiger partial charge in [0.1, 0.15) is 0 Å². The van der Waals surface area contributed by atoms with Crippen molar-refractivity contribution in [2.24, 2.45) is 0 Å². The summed E-state index contributed by atoms with van der Waals surface area (Å²) in [5, 5.41) is 6.19. The third kappa shape index (κ3) is 5.04. The van der Waals surface area contributed by atoms with Gasteiger partial charge in [0, 0.05) is 18.8 Å². The number of benzene rings is 2. The van der Waals surface area contributed by atoms with Gasteiger partial charge in [-0.2, -0.15) is 4.31 Å². The van der Waals surface area contributed by atoms with Gasteiger partial charge in [-0.25, -0.2) is 8.42 Å². The van der Waals surface area contributed by atoms with Crippen molar-refractivity contribution in [3.63, 3.8) is 0 Å². The number of carbonyl (C=O) groups is 1. The van der Waals surface area contributed by atoms with Crippen LogP contribution in [0.5, 0.6) is 0 Å². The van der Waals surface area contributed by atoms with E-state index in [1.54, 1.807) is 36.4 Å². The Bertz CT molecular complexity index is 957. The van der Waals surface area contributed by atoms with Crippen LogP contribution in [0.1, 0.15) is 24.8 Å². The normalized spacial score (nSPS) is 15.2. The maximum Gasteiger partial charge on any atom is 0.243 e. The van der Waals surface area contributed by atoms with E-state index in [2.05, 4.69) is 10.6 Å². The molecule has 1 saturated heterocycles. The highest BCUT2D eigenvalue weighted by atomic mass is 35.5. The van der Waals surface area contributed by atoms with Gasteiger partial charge in [-0.15, -0.1) is 0 Å². The van der Waals surface area contributed by atoms with Gasteiger partial charge in [-0.1, -0.05) is 30.2 Å². The Kier molecular flexibility index (Phi) is 6.59. The Morgan fingerprint density at radius 2 is 1.86 bits per heavy atom. The van der Waals surface area contributed by atoms with Gasteiger partial charge in [0.15, 0.2) is 0 Å². The topological polar surface area (TPSA) is 78.5 Å². The molecule has 150 valence electrons. The van der Waals surface area contributed by atoms with Crippen LogP contribution in [0.25, 0.3) is 0 Å². The fourth-order valence-corrected chi connectivity index (χ4v) is 4.96. The first-order valence-electron chi connectivity index (χ1n) is 9.26. The molecule has 1 aliphatic heterocycles. The van der Waals surface area contributed by atoms with E-state index in [9.17, 15) is 13.2 Å². The highest BCUT2D eigenvalue weighted by Gasteiger charge is 2.25. The molecule has 0 atom stereocenters. The predicted octanol–water partition coefficient (Wildman–Crippen LogP) is 3.87. The minimum atomic E-state index is -3.51. The number of nitrogens with zero attached hydrogens (tertiary/aromatic N) is 1. The summed E-state index contributed by atoms with van der Waals surface area (Å²) in [6, 6.07) is 12.0. The van der Waals surface area contributed by atoms with Crippen LogP contribution in [0.2, 0.25) is 5.02 Å². The van der Waals surface area contributed by atoms with E-state index >= 15 is 0 Å². The maximum atomic E-state index is 12.8. The molecule has 6 nitrogen and oxygen atoms in total. The summed E-state index contributed by atoms with van der Waals surface area (Å²) in [4.78, 5) is 12.4. The summed E-state index contributed by atoms with van der Waals surface area (Å²) in [6.45, 7) is 3.03. The number of anilines is 2. The number of rotatable bonds is 6. The third-order valence-corrected chi connectivity index (χ3v) is 6.85. The monoisotopic (exact) mass is 421 g/mol. The molecule has 0 radical (unpaired) electrons. The summed E-state index contributed by atoms with van der Waals surface area (Å²) >= 11 is 6.13. The molecule has 8 heteroatoms. The molecular weight excluding hydrogens is 398 g/mol. The molecule has 2 aromatic carbocycles. The van der Waals surface area contributed by atoms with Crippen molar-refractivity contribution in [1.82, 2.24) is 4.31 Å². The smallest absolute Gasteiger partial charge is 0.243 e. The van der Waals surface area contributed by atoms with Crippen molar-refractivity contribution >= 4 is 38.9 Å². The van der Waals surface area contributed by atoms with Crippen molar-refractivity contribution in [3.05, 3.63) is 53.1 Å². The molecule has 1 fully saturated rings. The fraction of sp³-hybridized carbons (Fsp3) is 0.350. The third-order valence-electron chi connectivity index (χ3n) is 4.64. The van der Waals surface area contributed by atoms with Gasteiger partial charge in [0.05, 0.1) is 22.2 Å². The summed E-state index contributed by atoms with van der Waals surface area (Å²) in [6.07, 6.45) is 2.84. The van der Waals surface area contributed by atoms with E-state index in [1.807, 2.05) is 13.0 Å². The Morgan fingerprint density at radius 3 is 2.57 bits per heavy atom. The summed E-state index contributed by atoms with van der Waals surface area (Å²) in [5.41, 5.74) is 2.12. The van der Waals surface area contributed by atoms with E-state index < -0.39 is 10.0 Å². The lowest BCUT2D eigenvalue weighted by atomic mass is 10.2. The van der Waals surface area contributed by atoms with Crippen LogP contribution >= 0.6 is 11.6 Å². The average molecular weight is 422 g/mol. The van der Waals surface area contributed by atoms with Crippen LogP contribution in [0, 0.1) is 6.92 Å². The molecular formula is C20H24ClN3O3S. The van der Waals surface area contributed by atoms with Gasteiger partial charge in [0.2, 0.25) is 15.9 Å². The molecule has 0 unspecified atom stereocenters. The molecule has 3 rings (SSSR count). The number of hydrogen-bond donors (Lipinski definition) is 2. The zero-order valence-electron chi connectivity index (χ0n) is 15.7. The van der Waals surface area contributed by atoms with Gasteiger partial charge in [-0.3, -0.25) is 4.79 Å². The highest BCUT2D eigenvalue weighted by molar-refractivity contribution is 7.89. The van der Waals surface area contributed by atoms with Crippen molar-refractivity contribution in [2.45, 2.75) is 31.1 Å². The Labute approximate surface area is 170 Å². The maximum absolute atomic E-state index is 12.8.